The molecule has 1 aromatic carbocycles. The molecule has 0 amide bonds. The van der Waals surface area contributed by atoms with E-state index in [0.29, 0.717) is 16.0 Å². The number of allylic oxidation sites excluding steroid dienone is 1. The second kappa shape index (κ2) is 7.08. The fourth-order valence-corrected chi connectivity index (χ4v) is 1.81. The number of nitrogens with two attached hydrogens (primary N) is 1. The minimum Gasteiger partial charge on any atom is -0.433 e. The molecule has 0 radical (unpaired) electrons. The van der Waals surface area contributed by atoms with Crippen LogP contribution < -0.4 is 10.5 Å². The van der Waals surface area contributed by atoms with Crippen LogP contribution in [-0.4, -0.2) is 11.5 Å². The predicted molar refractivity (Wildman–Crippen MR) is 86.3 cm³/mol. The molecule has 0 saturated heterocycles. The molecule has 6 heteroatoms. The number of rotatable bonds is 2. The van der Waals surface area contributed by atoms with Crippen molar-refractivity contribution in [2.24, 2.45) is 4.99 Å². The van der Waals surface area contributed by atoms with Crippen LogP contribution in [0.2, 0.25) is 0 Å². The van der Waals surface area contributed by atoms with E-state index in [0.717, 1.165) is 16.8 Å². The fraction of sp³-hybridized carbons (Fsp3) is 0.308. The van der Waals surface area contributed by atoms with Crippen LogP contribution in [-0.2, 0) is 0 Å². The first-order valence-corrected chi connectivity index (χ1v) is 7.52. The van der Waals surface area contributed by atoms with E-state index in [9.17, 15) is 0 Å². The molecule has 1 rings (SSSR count). The van der Waals surface area contributed by atoms with Crippen LogP contribution in [0.4, 0.5) is 5.69 Å². The molecule has 0 atom stereocenters. The van der Waals surface area contributed by atoms with Gasteiger partial charge >= 0.3 is 0 Å². The molecular weight excluding hydrogens is 303 g/mol. The number of nitrogen functional groups attached to an aromatic ring is 1. The van der Waals surface area contributed by atoms with E-state index in [1.165, 1.54) is 11.8 Å². The molecule has 3 nitrogen and oxygen atoms in total. The average molecular weight is 319 g/mol. The van der Waals surface area contributed by atoms with E-state index >= 15 is 0 Å². The Balaban J connectivity index is 3.07. The van der Waals surface area contributed by atoms with Crippen LogP contribution in [0.1, 0.15) is 18.1 Å². The maximum absolute atomic E-state index is 5.90. The molecule has 0 bridgehead atoms. The SMILES string of the molecule is CS/C(=N\C(Cl)=C(/C)Cl)Oc1cc(C)c(N)cc1C. The zero-order valence-corrected chi connectivity index (χ0v) is 13.6. The van der Waals surface area contributed by atoms with Crippen molar-refractivity contribution in [1.29, 1.82) is 0 Å². The topological polar surface area (TPSA) is 47.6 Å². The number of ether oxygens (including phenoxy) is 1. The molecule has 0 unspecified atom stereocenters. The van der Waals surface area contributed by atoms with Crippen LogP contribution in [0.5, 0.6) is 5.75 Å². The third-order valence-electron chi connectivity index (χ3n) is 2.41. The zero-order valence-electron chi connectivity index (χ0n) is 11.3. The van der Waals surface area contributed by atoms with Crippen molar-refractivity contribution in [2.45, 2.75) is 20.8 Å². The summed E-state index contributed by atoms with van der Waals surface area (Å²) in [5, 5.41) is 1.06. The molecule has 0 saturated carbocycles. The van der Waals surface area contributed by atoms with E-state index < -0.39 is 0 Å². The summed E-state index contributed by atoms with van der Waals surface area (Å²) >= 11 is 13.0. The Labute approximate surface area is 127 Å². The van der Waals surface area contributed by atoms with Gasteiger partial charge in [0.2, 0.25) is 0 Å². The van der Waals surface area contributed by atoms with Crippen LogP contribution in [0.3, 0.4) is 0 Å². The van der Waals surface area contributed by atoms with E-state index in [1.807, 2.05) is 32.2 Å². The molecule has 0 aliphatic heterocycles. The summed E-state index contributed by atoms with van der Waals surface area (Å²) in [7, 11) is 0. The molecule has 0 aromatic heterocycles. The number of benzene rings is 1. The van der Waals surface area contributed by atoms with Crippen LogP contribution >= 0.6 is 35.0 Å². The highest BCUT2D eigenvalue weighted by molar-refractivity contribution is 8.13. The first kappa shape index (κ1) is 16.2. The fourth-order valence-electron chi connectivity index (χ4n) is 1.28. The first-order chi connectivity index (χ1) is 8.85. The Morgan fingerprint density at radius 1 is 1.26 bits per heavy atom. The summed E-state index contributed by atoms with van der Waals surface area (Å²) in [6, 6.07) is 3.74. The summed E-state index contributed by atoms with van der Waals surface area (Å²) < 4.78 is 5.73. The number of anilines is 1. The first-order valence-electron chi connectivity index (χ1n) is 5.54. The number of aliphatic imine (C=N–C) groups is 1. The number of nitrogens with zero attached hydrogens (tertiary/aromatic N) is 1. The Morgan fingerprint density at radius 3 is 2.42 bits per heavy atom. The van der Waals surface area contributed by atoms with Crippen molar-refractivity contribution in [3.8, 4) is 5.75 Å². The van der Waals surface area contributed by atoms with Gasteiger partial charge < -0.3 is 10.5 Å². The van der Waals surface area contributed by atoms with Crippen LogP contribution in [0.15, 0.2) is 27.3 Å². The summed E-state index contributed by atoms with van der Waals surface area (Å²) in [5.74, 6) is 0.705. The molecular formula is C13H16Cl2N2OS. The zero-order chi connectivity index (χ0) is 14.6. The molecule has 0 aliphatic rings. The lowest BCUT2D eigenvalue weighted by molar-refractivity contribution is 0.561. The lowest BCUT2D eigenvalue weighted by Gasteiger charge is -2.11. The van der Waals surface area contributed by atoms with Gasteiger partial charge in [-0.1, -0.05) is 35.0 Å². The minimum absolute atomic E-state index is 0.218. The lowest BCUT2D eigenvalue weighted by atomic mass is 10.1. The van der Waals surface area contributed by atoms with Gasteiger partial charge in [0.1, 0.15) is 10.9 Å². The Morgan fingerprint density at radius 2 is 1.89 bits per heavy atom. The van der Waals surface area contributed by atoms with Gasteiger partial charge in [-0.15, -0.1) is 0 Å². The number of thioether (sulfide) groups is 1. The van der Waals surface area contributed by atoms with Gasteiger partial charge in [0.15, 0.2) is 0 Å². The number of hydrogen-bond donors (Lipinski definition) is 1. The summed E-state index contributed by atoms with van der Waals surface area (Å²) in [6.07, 6.45) is 1.85. The van der Waals surface area contributed by atoms with Gasteiger partial charge in [0.25, 0.3) is 5.23 Å². The van der Waals surface area contributed by atoms with Gasteiger partial charge in [-0.05, 0) is 50.3 Å². The summed E-state index contributed by atoms with van der Waals surface area (Å²) in [6.45, 7) is 5.52. The molecule has 0 heterocycles. The maximum atomic E-state index is 5.90. The van der Waals surface area contributed by atoms with Crippen LogP contribution in [0.25, 0.3) is 0 Å². The van der Waals surface area contributed by atoms with Crippen molar-refractivity contribution in [1.82, 2.24) is 0 Å². The highest BCUT2D eigenvalue weighted by Crippen LogP contribution is 2.26. The van der Waals surface area contributed by atoms with E-state index in [-0.39, 0.29) is 5.16 Å². The lowest BCUT2D eigenvalue weighted by Crippen LogP contribution is -2.05. The van der Waals surface area contributed by atoms with Crippen molar-refractivity contribution in [3.63, 3.8) is 0 Å². The molecule has 2 N–H and O–H groups in total. The Hall–Kier alpha value is -0.840. The molecule has 0 spiro atoms. The van der Waals surface area contributed by atoms with Gasteiger partial charge in [0.05, 0.1) is 5.03 Å². The number of aryl methyl sites for hydroxylation is 2. The van der Waals surface area contributed by atoms with Crippen LogP contribution in [0, 0.1) is 13.8 Å². The Bertz CT molecular complexity index is 538. The predicted octanol–water partition coefficient (Wildman–Crippen LogP) is 4.65. The molecule has 1 aromatic rings. The van der Waals surface area contributed by atoms with Gasteiger partial charge in [-0.2, -0.15) is 4.99 Å². The third kappa shape index (κ3) is 4.64. The number of hydrogen-bond acceptors (Lipinski definition) is 4. The summed E-state index contributed by atoms with van der Waals surface area (Å²) in [4.78, 5) is 4.12. The smallest absolute Gasteiger partial charge is 0.257 e. The standard InChI is InChI=1S/C13H16Cl2N2OS/c1-7-6-11(8(2)5-10(7)16)18-13(19-4)17-12(15)9(3)14/h5-6H,16H2,1-4H3/b12-9+,17-13-. The molecule has 104 valence electrons. The highest BCUT2D eigenvalue weighted by atomic mass is 35.5. The molecule has 0 fully saturated rings. The molecule has 0 aliphatic carbocycles. The van der Waals surface area contributed by atoms with Gasteiger partial charge in [0, 0.05) is 5.69 Å². The largest absolute Gasteiger partial charge is 0.433 e. The van der Waals surface area contributed by atoms with E-state index in [4.69, 9.17) is 33.7 Å². The normalized spacial score (nSPS) is 13.3. The second-order valence-electron chi connectivity index (χ2n) is 3.98. The van der Waals surface area contributed by atoms with Crippen molar-refractivity contribution < 1.29 is 4.74 Å². The van der Waals surface area contributed by atoms with Gasteiger partial charge in [-0.3, -0.25) is 0 Å². The van der Waals surface area contributed by atoms with Crippen molar-refractivity contribution in [3.05, 3.63) is 33.4 Å². The van der Waals surface area contributed by atoms with Crippen molar-refractivity contribution in [2.75, 3.05) is 12.0 Å². The number of halogens is 2. The van der Waals surface area contributed by atoms with E-state index in [2.05, 4.69) is 4.99 Å². The second-order valence-corrected chi connectivity index (χ2v) is 5.66. The van der Waals surface area contributed by atoms with Crippen molar-refractivity contribution >= 4 is 45.9 Å². The third-order valence-corrected chi connectivity index (χ3v) is 3.58. The quantitative estimate of drug-likeness (QED) is 0.373. The Kier molecular flexibility index (Phi) is 6.04. The van der Waals surface area contributed by atoms with Gasteiger partial charge in [-0.25, -0.2) is 0 Å². The maximum Gasteiger partial charge on any atom is 0.257 e. The summed E-state index contributed by atoms with van der Waals surface area (Å²) in [5.41, 5.74) is 8.47. The highest BCUT2D eigenvalue weighted by Gasteiger charge is 2.08. The monoisotopic (exact) mass is 318 g/mol. The van der Waals surface area contributed by atoms with E-state index in [1.54, 1.807) is 6.92 Å². The molecule has 19 heavy (non-hydrogen) atoms. The average Bonchev–Trinajstić information content (AvgIpc) is 2.34. The minimum atomic E-state index is 0.218.